The molecule has 76 valence electrons. The molecule has 12 heavy (non-hydrogen) atoms. The van der Waals surface area contributed by atoms with E-state index in [9.17, 15) is 0 Å². The standard InChI is InChI=1S/C8H15N.3CH4/c1-2-6-9-7-4-3-5-8-9;;;/h2H,1,3-8H2;3*1H4. The first-order valence-corrected chi connectivity index (χ1v) is 3.77. The fraction of sp³-hybridized carbons (Fsp3) is 0.818. The summed E-state index contributed by atoms with van der Waals surface area (Å²) in [5.74, 6) is 0. The van der Waals surface area contributed by atoms with E-state index >= 15 is 0 Å². The van der Waals surface area contributed by atoms with Crippen molar-refractivity contribution in [3.8, 4) is 0 Å². The molecule has 0 N–H and O–H groups in total. The van der Waals surface area contributed by atoms with Crippen LogP contribution in [0.2, 0.25) is 0 Å². The van der Waals surface area contributed by atoms with Gasteiger partial charge < -0.3 is 0 Å². The molecule has 0 amide bonds. The van der Waals surface area contributed by atoms with Crippen LogP contribution in [0.25, 0.3) is 0 Å². The predicted molar refractivity (Wildman–Crippen MR) is 60.7 cm³/mol. The summed E-state index contributed by atoms with van der Waals surface area (Å²) >= 11 is 0. The van der Waals surface area contributed by atoms with Gasteiger partial charge in [0.15, 0.2) is 0 Å². The summed E-state index contributed by atoms with van der Waals surface area (Å²) in [5, 5.41) is 0. The number of hydrogen-bond acceptors (Lipinski definition) is 1. The zero-order chi connectivity index (χ0) is 6.53. The minimum Gasteiger partial charge on any atom is -0.300 e. The Morgan fingerprint density at radius 1 is 1.00 bits per heavy atom. The van der Waals surface area contributed by atoms with Crippen molar-refractivity contribution in [2.24, 2.45) is 0 Å². The van der Waals surface area contributed by atoms with Gasteiger partial charge in [-0.1, -0.05) is 34.8 Å². The molecular formula is C11H27N. The maximum absolute atomic E-state index is 3.71. The van der Waals surface area contributed by atoms with Crippen LogP contribution in [-0.2, 0) is 0 Å². The second kappa shape index (κ2) is 10.7. The molecule has 0 aromatic rings. The fourth-order valence-electron chi connectivity index (χ4n) is 1.32. The zero-order valence-electron chi connectivity index (χ0n) is 5.97. The molecule has 0 atom stereocenters. The average molecular weight is 173 g/mol. The van der Waals surface area contributed by atoms with Crippen LogP contribution in [-0.4, -0.2) is 24.5 Å². The summed E-state index contributed by atoms with van der Waals surface area (Å²) in [6.45, 7) is 7.36. The maximum Gasteiger partial charge on any atom is 0.0160 e. The number of hydrogen-bond donors (Lipinski definition) is 0. The Kier molecular flexibility index (Phi) is 15.8. The van der Waals surface area contributed by atoms with Gasteiger partial charge in [0.25, 0.3) is 0 Å². The molecule has 1 rings (SSSR count). The highest BCUT2D eigenvalue weighted by atomic mass is 15.1. The van der Waals surface area contributed by atoms with E-state index in [0.29, 0.717) is 0 Å². The first-order chi connectivity index (χ1) is 4.43. The first kappa shape index (κ1) is 17.7. The van der Waals surface area contributed by atoms with Crippen molar-refractivity contribution >= 4 is 0 Å². The summed E-state index contributed by atoms with van der Waals surface area (Å²) in [6, 6.07) is 0. The lowest BCUT2D eigenvalue weighted by atomic mass is 10.1. The molecule has 0 aliphatic carbocycles. The van der Waals surface area contributed by atoms with Crippen LogP contribution in [0.15, 0.2) is 12.7 Å². The van der Waals surface area contributed by atoms with Crippen LogP contribution in [0.4, 0.5) is 0 Å². The molecular weight excluding hydrogens is 146 g/mol. The molecule has 1 heteroatoms. The molecule has 1 aliphatic heterocycles. The van der Waals surface area contributed by atoms with Crippen molar-refractivity contribution in [1.82, 2.24) is 4.90 Å². The van der Waals surface area contributed by atoms with Gasteiger partial charge in [-0.25, -0.2) is 0 Å². The maximum atomic E-state index is 3.71. The molecule has 1 nitrogen and oxygen atoms in total. The van der Waals surface area contributed by atoms with Crippen molar-refractivity contribution in [3.05, 3.63) is 12.7 Å². The van der Waals surface area contributed by atoms with Crippen molar-refractivity contribution < 1.29 is 0 Å². The highest BCUT2D eigenvalue weighted by molar-refractivity contribution is 4.75. The van der Waals surface area contributed by atoms with E-state index in [1.165, 1.54) is 32.4 Å². The molecule has 1 heterocycles. The molecule has 1 saturated heterocycles. The van der Waals surface area contributed by atoms with E-state index in [1.807, 2.05) is 6.08 Å². The SMILES string of the molecule is C.C.C.C=CCN1CCCCC1. The predicted octanol–water partition coefficient (Wildman–Crippen LogP) is 3.57. The molecule has 0 radical (unpaired) electrons. The van der Waals surface area contributed by atoms with Gasteiger partial charge in [0.05, 0.1) is 0 Å². The third kappa shape index (κ3) is 6.41. The molecule has 0 saturated carbocycles. The molecule has 0 spiro atoms. The molecule has 1 aliphatic rings. The number of nitrogens with zero attached hydrogens (tertiary/aromatic N) is 1. The lowest BCUT2D eigenvalue weighted by molar-refractivity contribution is 0.251. The second-order valence-corrected chi connectivity index (χ2v) is 2.65. The Bertz CT molecular complexity index is 83.0. The van der Waals surface area contributed by atoms with Gasteiger partial charge in [-0.2, -0.15) is 0 Å². The highest BCUT2D eigenvalue weighted by Gasteiger charge is 2.06. The summed E-state index contributed by atoms with van der Waals surface area (Å²) in [6.07, 6.45) is 6.18. The number of piperidine rings is 1. The van der Waals surface area contributed by atoms with Gasteiger partial charge in [-0.05, 0) is 25.9 Å². The van der Waals surface area contributed by atoms with Crippen LogP contribution in [0.5, 0.6) is 0 Å². The lowest BCUT2D eigenvalue weighted by Gasteiger charge is -2.24. The normalized spacial score (nSPS) is 16.3. The Morgan fingerprint density at radius 3 is 1.92 bits per heavy atom. The van der Waals surface area contributed by atoms with Gasteiger partial charge in [0.2, 0.25) is 0 Å². The molecule has 1 fully saturated rings. The minimum atomic E-state index is 0. The van der Waals surface area contributed by atoms with Crippen molar-refractivity contribution in [1.29, 1.82) is 0 Å². The first-order valence-electron chi connectivity index (χ1n) is 3.77. The van der Waals surface area contributed by atoms with Gasteiger partial charge in [0.1, 0.15) is 0 Å². The summed E-state index contributed by atoms with van der Waals surface area (Å²) in [4.78, 5) is 2.45. The van der Waals surface area contributed by atoms with E-state index in [0.717, 1.165) is 6.54 Å². The summed E-state index contributed by atoms with van der Waals surface area (Å²) in [7, 11) is 0. The van der Waals surface area contributed by atoms with Crippen LogP contribution in [0.1, 0.15) is 41.5 Å². The van der Waals surface area contributed by atoms with E-state index in [-0.39, 0.29) is 22.3 Å². The zero-order valence-corrected chi connectivity index (χ0v) is 5.97. The molecule has 0 unspecified atom stereocenters. The van der Waals surface area contributed by atoms with Gasteiger partial charge in [-0.15, -0.1) is 6.58 Å². The monoisotopic (exact) mass is 173 g/mol. The van der Waals surface area contributed by atoms with Crippen molar-refractivity contribution in [2.75, 3.05) is 19.6 Å². The Balaban J connectivity index is -0.000000270. The minimum absolute atomic E-state index is 0. The third-order valence-corrected chi connectivity index (χ3v) is 1.84. The third-order valence-electron chi connectivity index (χ3n) is 1.84. The molecule has 0 aromatic carbocycles. The smallest absolute Gasteiger partial charge is 0.0160 e. The summed E-state index contributed by atoms with van der Waals surface area (Å²) < 4.78 is 0. The topological polar surface area (TPSA) is 3.24 Å². The Labute approximate surface area is 79.5 Å². The van der Waals surface area contributed by atoms with E-state index in [2.05, 4.69) is 11.5 Å². The Morgan fingerprint density at radius 2 is 1.50 bits per heavy atom. The van der Waals surface area contributed by atoms with Gasteiger partial charge >= 0.3 is 0 Å². The van der Waals surface area contributed by atoms with E-state index in [4.69, 9.17) is 0 Å². The molecule has 0 aromatic heterocycles. The second-order valence-electron chi connectivity index (χ2n) is 2.65. The quantitative estimate of drug-likeness (QED) is 0.577. The largest absolute Gasteiger partial charge is 0.300 e. The number of rotatable bonds is 2. The van der Waals surface area contributed by atoms with Crippen molar-refractivity contribution in [2.45, 2.75) is 41.5 Å². The van der Waals surface area contributed by atoms with E-state index in [1.54, 1.807) is 0 Å². The molecule has 0 bridgehead atoms. The highest BCUT2D eigenvalue weighted by Crippen LogP contribution is 2.07. The van der Waals surface area contributed by atoms with Gasteiger partial charge in [0, 0.05) is 6.54 Å². The van der Waals surface area contributed by atoms with Crippen LogP contribution < -0.4 is 0 Å². The van der Waals surface area contributed by atoms with Crippen LogP contribution >= 0.6 is 0 Å². The van der Waals surface area contributed by atoms with Gasteiger partial charge in [-0.3, -0.25) is 4.90 Å². The fourth-order valence-corrected chi connectivity index (χ4v) is 1.32. The lowest BCUT2D eigenvalue weighted by Crippen LogP contribution is -2.29. The average Bonchev–Trinajstić information content (AvgIpc) is 1.91. The van der Waals surface area contributed by atoms with Crippen LogP contribution in [0.3, 0.4) is 0 Å². The van der Waals surface area contributed by atoms with E-state index < -0.39 is 0 Å². The van der Waals surface area contributed by atoms with Crippen LogP contribution in [0, 0.1) is 0 Å². The number of likely N-dealkylation sites (tertiary alicyclic amines) is 1. The Hall–Kier alpha value is -0.300. The summed E-state index contributed by atoms with van der Waals surface area (Å²) in [5.41, 5.74) is 0. The van der Waals surface area contributed by atoms with Crippen molar-refractivity contribution in [3.63, 3.8) is 0 Å².